The van der Waals surface area contributed by atoms with Crippen LogP contribution in [0.3, 0.4) is 0 Å². The second-order valence-corrected chi connectivity index (χ2v) is 25.1. The van der Waals surface area contributed by atoms with Gasteiger partial charge in [-0.1, -0.05) is 178 Å². The molecule has 0 amide bonds. The predicted molar refractivity (Wildman–Crippen MR) is 232 cm³/mol. The summed E-state index contributed by atoms with van der Waals surface area (Å²) in [6.45, 7) is 46.3. The first-order chi connectivity index (χ1) is 24.3. The molecule has 1 fully saturated rings. The Kier molecular flexibility index (Phi) is 12.9. The summed E-state index contributed by atoms with van der Waals surface area (Å²) < 4.78 is 41.1. The molecule has 3 aromatic carbocycles. The zero-order valence-corrected chi connectivity index (χ0v) is 39.9. The quantitative estimate of drug-likeness (QED) is 0.232. The molecule has 1 aliphatic rings. The molecule has 3 aromatic rings. The van der Waals surface area contributed by atoms with E-state index >= 15 is 0 Å². The van der Waals surface area contributed by atoms with Crippen molar-refractivity contribution in [3.05, 3.63) is 86.5 Å². The number of rotatable bonds is 6. The molecule has 0 unspecified atom stereocenters. The summed E-state index contributed by atoms with van der Waals surface area (Å²) in [7, 11) is -6.11. The van der Waals surface area contributed by atoms with Crippen molar-refractivity contribution in [2.75, 3.05) is 0 Å². The van der Waals surface area contributed by atoms with E-state index in [4.69, 9.17) is 26.5 Å². The Bertz CT molecular complexity index is 1500. The number of benzene rings is 3. The first kappa shape index (κ1) is 44.9. The van der Waals surface area contributed by atoms with Crippen molar-refractivity contribution in [3.8, 4) is 17.2 Å². The lowest BCUT2D eigenvalue weighted by atomic mass is 9.78. The molecule has 4 rings (SSSR count). The normalized spacial score (nSPS) is 19.2. The Morgan fingerprint density at radius 1 is 0.315 bits per heavy atom. The van der Waals surface area contributed by atoms with Crippen molar-refractivity contribution in [1.82, 2.24) is 0 Å². The van der Waals surface area contributed by atoms with Gasteiger partial charge in [-0.15, -0.1) is 0 Å². The van der Waals surface area contributed by atoms with Gasteiger partial charge in [0.15, 0.2) is 0 Å². The Hall–Kier alpha value is -1.77. The summed E-state index contributed by atoms with van der Waals surface area (Å²) in [5.74, 6) is 2.34. The zero-order valence-electron chi connectivity index (χ0n) is 37.3. The molecule has 0 aromatic heterocycles. The van der Waals surface area contributed by atoms with Gasteiger partial charge in [0.2, 0.25) is 0 Å². The van der Waals surface area contributed by atoms with Crippen LogP contribution in [-0.2, 0) is 45.4 Å². The van der Waals surface area contributed by atoms with Crippen LogP contribution in [0, 0.1) is 20.8 Å². The molecule has 0 bridgehead atoms. The third-order valence-electron chi connectivity index (χ3n) is 9.45. The van der Waals surface area contributed by atoms with Gasteiger partial charge in [0.1, 0.15) is 17.2 Å². The highest BCUT2D eigenvalue weighted by atomic mass is 31.3. The molecule has 0 spiro atoms. The number of hydrogen-bond acceptors (Lipinski definition) is 6. The van der Waals surface area contributed by atoms with Crippen LogP contribution in [-0.4, -0.2) is 0 Å². The molecular formula is C45H69O6P3. The summed E-state index contributed by atoms with van der Waals surface area (Å²) >= 11 is 0. The van der Waals surface area contributed by atoms with Gasteiger partial charge < -0.3 is 13.6 Å². The summed E-state index contributed by atoms with van der Waals surface area (Å²) in [6, 6.07) is 13.3. The van der Waals surface area contributed by atoms with E-state index in [0.29, 0.717) is 0 Å². The molecule has 0 atom stereocenters. The van der Waals surface area contributed by atoms with Gasteiger partial charge in [-0.3, -0.25) is 0 Å². The van der Waals surface area contributed by atoms with E-state index in [1.54, 1.807) is 0 Å². The Morgan fingerprint density at radius 3 is 0.593 bits per heavy atom. The van der Waals surface area contributed by atoms with Crippen LogP contribution in [0.15, 0.2) is 36.4 Å². The smallest absolute Gasteiger partial charge is 0.413 e. The summed E-state index contributed by atoms with van der Waals surface area (Å²) in [4.78, 5) is 0. The van der Waals surface area contributed by atoms with Crippen molar-refractivity contribution >= 4 is 25.8 Å². The molecular weight excluding hydrogens is 729 g/mol. The molecule has 0 N–H and O–H groups in total. The van der Waals surface area contributed by atoms with Crippen LogP contribution >= 0.6 is 25.8 Å². The SMILES string of the molecule is Cc1cc(C(C)(C)C)c(OP2OP(Oc3c(C(C)(C)C)cc(C)cc3C(C)(C)C)OP(Oc3c(C(C)(C)C)cc(C)cc3C(C)(C)C)O2)c(C(C)(C)C)c1. The minimum Gasteiger partial charge on any atom is -0.426 e. The molecule has 1 heterocycles. The van der Waals surface area contributed by atoms with Crippen molar-refractivity contribution in [3.63, 3.8) is 0 Å². The molecule has 1 saturated heterocycles. The van der Waals surface area contributed by atoms with E-state index in [9.17, 15) is 0 Å². The van der Waals surface area contributed by atoms with Crippen LogP contribution in [0.25, 0.3) is 0 Å². The fourth-order valence-corrected chi connectivity index (χ4v) is 10.8. The molecule has 1 aliphatic heterocycles. The molecule has 300 valence electrons. The maximum atomic E-state index is 7.00. The highest BCUT2D eigenvalue weighted by Gasteiger charge is 2.45. The summed E-state index contributed by atoms with van der Waals surface area (Å²) in [5, 5.41) is 0. The minimum atomic E-state index is -2.04. The second kappa shape index (κ2) is 15.5. The van der Waals surface area contributed by atoms with E-state index in [0.717, 1.165) is 50.6 Å². The van der Waals surface area contributed by atoms with E-state index in [2.05, 4.69) is 182 Å². The molecule has 0 aliphatic carbocycles. The van der Waals surface area contributed by atoms with Crippen LogP contribution in [0.1, 0.15) is 175 Å². The van der Waals surface area contributed by atoms with Gasteiger partial charge in [0, 0.05) is 33.4 Å². The van der Waals surface area contributed by atoms with Crippen LogP contribution in [0.2, 0.25) is 0 Å². The lowest BCUT2D eigenvalue weighted by Crippen LogP contribution is -2.21. The number of hydrogen-bond donors (Lipinski definition) is 0. The predicted octanol–water partition coefficient (Wildman–Crippen LogP) is 15.7. The van der Waals surface area contributed by atoms with E-state index in [1.807, 2.05) is 0 Å². The standard InChI is InChI=1S/C45H69O6P3/c1-28-22-31(40(4,5)6)37(32(23-28)41(7,8)9)46-52-49-53(47-38-33(42(10,11)12)24-29(2)25-34(38)43(13,14)15)51-54(50-52)48-39-35(44(16,17)18)26-30(3)27-36(39)45(19,20)21/h22-27H,1-21H3. The van der Waals surface area contributed by atoms with Crippen molar-refractivity contribution < 1.29 is 26.5 Å². The van der Waals surface area contributed by atoms with Gasteiger partial charge >= 0.3 is 25.8 Å². The van der Waals surface area contributed by atoms with Gasteiger partial charge in [0.25, 0.3) is 0 Å². The Balaban J connectivity index is 1.93. The topological polar surface area (TPSA) is 55.4 Å². The highest BCUT2D eigenvalue weighted by molar-refractivity contribution is 7.69. The van der Waals surface area contributed by atoms with E-state index < -0.39 is 25.8 Å². The first-order valence-corrected chi connectivity index (χ1v) is 22.5. The van der Waals surface area contributed by atoms with Gasteiger partial charge in [0.05, 0.1) is 0 Å². The average Bonchev–Trinajstić information content (AvgIpc) is 2.96. The van der Waals surface area contributed by atoms with Crippen molar-refractivity contribution in [1.29, 1.82) is 0 Å². The van der Waals surface area contributed by atoms with E-state index in [-0.39, 0.29) is 32.5 Å². The lowest BCUT2D eigenvalue weighted by Gasteiger charge is -2.36. The lowest BCUT2D eigenvalue weighted by molar-refractivity contribution is 0.271. The van der Waals surface area contributed by atoms with Gasteiger partial charge in [-0.25, -0.2) is 12.9 Å². The third-order valence-corrected chi connectivity index (χ3v) is 13.6. The Morgan fingerprint density at radius 2 is 0.463 bits per heavy atom. The zero-order chi connectivity index (χ0) is 41.1. The molecule has 0 saturated carbocycles. The number of aryl methyl sites for hydroxylation is 3. The highest BCUT2D eigenvalue weighted by Crippen LogP contribution is 2.73. The molecule has 9 heteroatoms. The largest absolute Gasteiger partial charge is 0.426 e. The Labute approximate surface area is 332 Å². The summed E-state index contributed by atoms with van der Waals surface area (Å²) in [5.41, 5.74) is 8.87. The van der Waals surface area contributed by atoms with Crippen LogP contribution < -0.4 is 13.6 Å². The third kappa shape index (κ3) is 10.8. The van der Waals surface area contributed by atoms with Crippen molar-refractivity contribution in [2.45, 2.75) is 178 Å². The van der Waals surface area contributed by atoms with Gasteiger partial charge in [-0.05, 0) is 53.3 Å². The van der Waals surface area contributed by atoms with Crippen molar-refractivity contribution in [2.24, 2.45) is 0 Å². The fraction of sp³-hybridized carbons (Fsp3) is 0.600. The fourth-order valence-electron chi connectivity index (χ4n) is 6.49. The average molecular weight is 799 g/mol. The summed E-state index contributed by atoms with van der Waals surface area (Å²) in [6.07, 6.45) is 0. The van der Waals surface area contributed by atoms with E-state index in [1.165, 1.54) is 16.7 Å². The second-order valence-electron chi connectivity index (χ2n) is 21.3. The first-order valence-electron chi connectivity index (χ1n) is 19.2. The van der Waals surface area contributed by atoms with Gasteiger partial charge in [-0.2, -0.15) is 0 Å². The maximum absolute atomic E-state index is 7.00. The molecule has 54 heavy (non-hydrogen) atoms. The molecule has 0 radical (unpaired) electrons. The minimum absolute atomic E-state index is 0.207. The van der Waals surface area contributed by atoms with Crippen LogP contribution in [0.5, 0.6) is 17.2 Å². The van der Waals surface area contributed by atoms with Crippen LogP contribution in [0.4, 0.5) is 0 Å². The maximum Gasteiger partial charge on any atom is 0.413 e. The monoisotopic (exact) mass is 798 g/mol. The molecule has 6 nitrogen and oxygen atoms in total.